The fraction of sp³-hybridized carbons (Fsp3) is 0.615. The second-order valence-electron chi connectivity index (χ2n) is 5.05. The zero-order valence-electron chi connectivity index (χ0n) is 11.6. The predicted molar refractivity (Wildman–Crippen MR) is 78.0 cm³/mol. The van der Waals surface area contributed by atoms with E-state index in [1.165, 1.54) is 19.2 Å². The number of hydrogen-bond acceptors (Lipinski definition) is 4. The van der Waals surface area contributed by atoms with Crippen LogP contribution in [0.5, 0.6) is 5.88 Å². The van der Waals surface area contributed by atoms with Crippen molar-refractivity contribution in [2.45, 2.75) is 39.7 Å². The summed E-state index contributed by atoms with van der Waals surface area (Å²) in [5.74, 6) is 1.29. The van der Waals surface area contributed by atoms with E-state index in [2.05, 4.69) is 28.8 Å². The summed E-state index contributed by atoms with van der Waals surface area (Å²) in [4.78, 5) is 11.5. The van der Waals surface area contributed by atoms with E-state index in [1.807, 2.05) is 4.57 Å². The minimum Gasteiger partial charge on any atom is -0.479 e. The van der Waals surface area contributed by atoms with Gasteiger partial charge in [0.25, 0.3) is 0 Å². The Labute approximate surface area is 118 Å². The molecular weight excluding hydrogens is 260 g/mol. The first-order chi connectivity index (χ1) is 9.13. The van der Waals surface area contributed by atoms with E-state index < -0.39 is 0 Å². The molecule has 6 heteroatoms. The standard InChI is InChI=1S/C13H20N4OS/c1-9(2)6-4-5-7-17-11-10(16-13(17)19)12(18-3)15-8-14-11/h8-9H,4-7H2,1-3H3,(H,16,19). The maximum absolute atomic E-state index is 5.35. The number of methoxy groups -OCH3 is 1. The smallest absolute Gasteiger partial charge is 0.242 e. The van der Waals surface area contributed by atoms with Gasteiger partial charge in [0.2, 0.25) is 5.88 Å². The molecule has 1 N–H and O–H groups in total. The second-order valence-corrected chi connectivity index (χ2v) is 5.44. The molecule has 104 valence electrons. The molecule has 5 nitrogen and oxygen atoms in total. The normalized spacial score (nSPS) is 11.4. The molecular formula is C13H20N4OS. The summed E-state index contributed by atoms with van der Waals surface area (Å²) in [6, 6.07) is 0. The van der Waals surface area contributed by atoms with Gasteiger partial charge in [-0.1, -0.05) is 26.7 Å². The first-order valence-electron chi connectivity index (χ1n) is 6.61. The third-order valence-corrected chi connectivity index (χ3v) is 3.45. The van der Waals surface area contributed by atoms with E-state index in [-0.39, 0.29) is 0 Å². The number of unbranched alkanes of at least 4 members (excludes halogenated alkanes) is 1. The molecule has 0 fully saturated rings. The van der Waals surface area contributed by atoms with Gasteiger partial charge in [-0.3, -0.25) is 0 Å². The Morgan fingerprint density at radius 1 is 1.37 bits per heavy atom. The fourth-order valence-corrected chi connectivity index (χ4v) is 2.41. The average molecular weight is 280 g/mol. The van der Waals surface area contributed by atoms with Crippen LogP contribution in [0.3, 0.4) is 0 Å². The molecule has 0 bridgehead atoms. The van der Waals surface area contributed by atoms with Crippen LogP contribution in [0.25, 0.3) is 11.2 Å². The van der Waals surface area contributed by atoms with Gasteiger partial charge in [0.05, 0.1) is 7.11 Å². The largest absolute Gasteiger partial charge is 0.479 e. The highest BCUT2D eigenvalue weighted by molar-refractivity contribution is 7.71. The quantitative estimate of drug-likeness (QED) is 0.651. The number of rotatable bonds is 6. The molecule has 0 radical (unpaired) electrons. The number of nitrogens with one attached hydrogen (secondary N) is 1. The topological polar surface area (TPSA) is 55.7 Å². The molecule has 0 saturated carbocycles. The number of aromatic amines is 1. The second kappa shape index (κ2) is 6.14. The van der Waals surface area contributed by atoms with Crippen LogP contribution < -0.4 is 4.74 Å². The van der Waals surface area contributed by atoms with Crippen molar-refractivity contribution < 1.29 is 4.74 Å². The zero-order valence-corrected chi connectivity index (χ0v) is 12.5. The molecule has 2 aromatic rings. The lowest BCUT2D eigenvalue weighted by Crippen LogP contribution is -2.00. The molecule has 0 aliphatic heterocycles. The van der Waals surface area contributed by atoms with Gasteiger partial charge < -0.3 is 14.3 Å². The predicted octanol–water partition coefficient (Wildman–Crippen LogP) is 3.32. The summed E-state index contributed by atoms with van der Waals surface area (Å²) in [6.45, 7) is 5.37. The van der Waals surface area contributed by atoms with Crippen molar-refractivity contribution in [1.29, 1.82) is 0 Å². The minimum atomic E-state index is 0.539. The molecule has 0 aliphatic carbocycles. The molecule has 2 aromatic heterocycles. The van der Waals surface area contributed by atoms with Gasteiger partial charge in [-0.15, -0.1) is 0 Å². The lowest BCUT2D eigenvalue weighted by molar-refractivity contribution is 0.401. The van der Waals surface area contributed by atoms with Crippen molar-refractivity contribution in [3.63, 3.8) is 0 Å². The maximum Gasteiger partial charge on any atom is 0.242 e. The van der Waals surface area contributed by atoms with E-state index in [9.17, 15) is 0 Å². The van der Waals surface area contributed by atoms with Crippen molar-refractivity contribution >= 4 is 23.4 Å². The summed E-state index contributed by atoms with van der Waals surface area (Å²) in [5, 5.41) is 0. The minimum absolute atomic E-state index is 0.539. The molecule has 0 unspecified atom stereocenters. The van der Waals surface area contributed by atoms with E-state index in [4.69, 9.17) is 17.0 Å². The Bertz CT molecular complexity index is 602. The van der Waals surface area contributed by atoms with Crippen molar-refractivity contribution in [2.75, 3.05) is 7.11 Å². The van der Waals surface area contributed by atoms with Crippen LogP contribution in [-0.4, -0.2) is 26.6 Å². The van der Waals surface area contributed by atoms with Crippen molar-refractivity contribution in [2.24, 2.45) is 5.92 Å². The van der Waals surface area contributed by atoms with Gasteiger partial charge in [0, 0.05) is 6.54 Å². The zero-order chi connectivity index (χ0) is 13.8. The third kappa shape index (κ3) is 3.12. The van der Waals surface area contributed by atoms with Gasteiger partial charge in [-0.2, -0.15) is 4.98 Å². The Morgan fingerprint density at radius 2 is 2.16 bits per heavy atom. The number of fused-ring (bicyclic) bond motifs is 1. The molecule has 0 amide bonds. The van der Waals surface area contributed by atoms with E-state index in [0.717, 1.165) is 30.0 Å². The Kier molecular flexibility index (Phi) is 4.52. The highest BCUT2D eigenvalue weighted by Gasteiger charge is 2.10. The first-order valence-corrected chi connectivity index (χ1v) is 7.01. The van der Waals surface area contributed by atoms with Crippen molar-refractivity contribution in [1.82, 2.24) is 19.5 Å². The lowest BCUT2D eigenvalue weighted by atomic mass is 10.1. The van der Waals surface area contributed by atoms with Gasteiger partial charge in [-0.25, -0.2) is 4.98 Å². The van der Waals surface area contributed by atoms with Crippen LogP contribution in [0.4, 0.5) is 0 Å². The molecule has 2 heterocycles. The van der Waals surface area contributed by atoms with Crippen LogP contribution in [0.1, 0.15) is 33.1 Å². The first kappa shape index (κ1) is 14.0. The lowest BCUT2D eigenvalue weighted by Gasteiger charge is -2.06. The van der Waals surface area contributed by atoms with Crippen molar-refractivity contribution in [3.05, 3.63) is 11.1 Å². The number of ether oxygens (including phenoxy) is 1. The van der Waals surface area contributed by atoms with E-state index in [0.29, 0.717) is 10.7 Å². The van der Waals surface area contributed by atoms with Crippen LogP contribution in [0.2, 0.25) is 0 Å². The van der Waals surface area contributed by atoms with Gasteiger partial charge >= 0.3 is 0 Å². The number of hydrogen-bond donors (Lipinski definition) is 1. The number of aromatic nitrogens is 4. The molecule has 2 rings (SSSR count). The number of imidazole rings is 1. The summed E-state index contributed by atoms with van der Waals surface area (Å²) < 4.78 is 7.91. The molecule has 0 spiro atoms. The molecule has 19 heavy (non-hydrogen) atoms. The van der Waals surface area contributed by atoms with Crippen LogP contribution in [-0.2, 0) is 6.54 Å². The van der Waals surface area contributed by atoms with Gasteiger partial charge in [0.1, 0.15) is 11.8 Å². The average Bonchev–Trinajstić information content (AvgIpc) is 2.70. The number of aryl methyl sites for hydroxylation is 1. The SMILES string of the molecule is COc1ncnc2c1[nH]c(=S)n2CCCCC(C)C. The summed E-state index contributed by atoms with van der Waals surface area (Å²) in [7, 11) is 1.60. The molecule has 0 saturated heterocycles. The van der Waals surface area contributed by atoms with Crippen molar-refractivity contribution in [3.8, 4) is 5.88 Å². The van der Waals surface area contributed by atoms with Crippen LogP contribution >= 0.6 is 12.2 Å². The Balaban J connectivity index is 2.19. The highest BCUT2D eigenvalue weighted by Crippen LogP contribution is 2.20. The number of nitrogens with zero attached hydrogens (tertiary/aromatic N) is 3. The fourth-order valence-electron chi connectivity index (χ4n) is 2.13. The Morgan fingerprint density at radius 3 is 2.84 bits per heavy atom. The van der Waals surface area contributed by atoms with E-state index >= 15 is 0 Å². The van der Waals surface area contributed by atoms with E-state index in [1.54, 1.807) is 7.11 Å². The number of H-pyrrole nitrogens is 1. The molecule has 0 atom stereocenters. The van der Waals surface area contributed by atoms with Gasteiger partial charge in [-0.05, 0) is 24.6 Å². The Hall–Kier alpha value is -1.43. The van der Waals surface area contributed by atoms with Gasteiger partial charge in [0.15, 0.2) is 10.4 Å². The monoisotopic (exact) mass is 280 g/mol. The summed E-state index contributed by atoms with van der Waals surface area (Å²) in [6.07, 6.45) is 5.06. The van der Waals surface area contributed by atoms with Crippen LogP contribution in [0.15, 0.2) is 6.33 Å². The third-order valence-electron chi connectivity index (χ3n) is 3.13. The summed E-state index contributed by atoms with van der Waals surface area (Å²) in [5.41, 5.74) is 1.60. The van der Waals surface area contributed by atoms with Crippen LogP contribution in [0, 0.1) is 10.7 Å². The highest BCUT2D eigenvalue weighted by atomic mass is 32.1. The maximum atomic E-state index is 5.35. The molecule has 0 aliphatic rings. The molecule has 0 aromatic carbocycles. The summed E-state index contributed by atoms with van der Waals surface area (Å²) >= 11 is 5.35.